The fourth-order valence-electron chi connectivity index (χ4n) is 3.79. The van der Waals surface area contributed by atoms with Crippen LogP contribution >= 0.6 is 0 Å². The smallest absolute Gasteiger partial charge is 0.264 e. The van der Waals surface area contributed by atoms with Crippen LogP contribution in [0.5, 0.6) is 0 Å². The van der Waals surface area contributed by atoms with Gasteiger partial charge in [-0.15, -0.1) is 0 Å². The highest BCUT2D eigenvalue weighted by Gasteiger charge is 2.24. The van der Waals surface area contributed by atoms with Gasteiger partial charge in [0.15, 0.2) is 5.65 Å². The average Bonchev–Trinajstić information content (AvgIpc) is 3.36. The molecule has 1 N–H and O–H groups in total. The lowest BCUT2D eigenvalue weighted by Gasteiger charge is -2.28. The average molecular weight is 380 g/mol. The SMILES string of the molecule is Cn1ncc2c(=O)n(CC(=O)NC[C@H](c3ccccc3)N3CCCC3)cnc21. The molecule has 3 heterocycles. The van der Waals surface area contributed by atoms with E-state index in [4.69, 9.17) is 0 Å². The summed E-state index contributed by atoms with van der Waals surface area (Å²) in [4.78, 5) is 31.7. The van der Waals surface area contributed by atoms with Crippen molar-refractivity contribution in [2.75, 3.05) is 19.6 Å². The third-order valence-corrected chi connectivity index (χ3v) is 5.29. The molecule has 0 radical (unpaired) electrons. The van der Waals surface area contributed by atoms with Crippen molar-refractivity contribution in [3.8, 4) is 0 Å². The van der Waals surface area contributed by atoms with Crippen LogP contribution in [0.15, 0.2) is 47.7 Å². The summed E-state index contributed by atoms with van der Waals surface area (Å²) in [6.07, 6.45) is 5.26. The molecule has 0 bridgehead atoms. The molecule has 0 unspecified atom stereocenters. The van der Waals surface area contributed by atoms with Crippen LogP contribution in [-0.4, -0.2) is 49.8 Å². The maximum Gasteiger partial charge on any atom is 0.264 e. The number of hydrogen-bond donors (Lipinski definition) is 1. The normalized spacial score (nSPS) is 15.8. The second kappa shape index (κ2) is 7.93. The number of aryl methyl sites for hydroxylation is 1. The van der Waals surface area contributed by atoms with Gasteiger partial charge >= 0.3 is 0 Å². The van der Waals surface area contributed by atoms with Gasteiger partial charge in [-0.25, -0.2) is 4.98 Å². The highest BCUT2D eigenvalue weighted by molar-refractivity contribution is 5.77. The van der Waals surface area contributed by atoms with Gasteiger partial charge < -0.3 is 5.32 Å². The summed E-state index contributed by atoms with van der Waals surface area (Å²) < 4.78 is 2.87. The summed E-state index contributed by atoms with van der Waals surface area (Å²) in [6, 6.07) is 10.4. The molecule has 1 atom stereocenters. The zero-order valence-corrected chi connectivity index (χ0v) is 15.9. The number of aromatic nitrogens is 4. The predicted octanol–water partition coefficient (Wildman–Crippen LogP) is 1.08. The summed E-state index contributed by atoms with van der Waals surface area (Å²) >= 11 is 0. The van der Waals surface area contributed by atoms with Crippen LogP contribution in [0, 0.1) is 0 Å². The Kier molecular flexibility index (Phi) is 5.21. The molecule has 1 saturated heterocycles. The van der Waals surface area contributed by atoms with Crippen LogP contribution in [-0.2, 0) is 18.4 Å². The second-order valence-corrected chi connectivity index (χ2v) is 7.16. The van der Waals surface area contributed by atoms with Gasteiger partial charge in [0.05, 0.1) is 12.2 Å². The minimum Gasteiger partial charge on any atom is -0.353 e. The van der Waals surface area contributed by atoms with Crippen molar-refractivity contribution in [1.82, 2.24) is 29.5 Å². The number of amides is 1. The number of nitrogens with one attached hydrogen (secondary N) is 1. The predicted molar refractivity (Wildman–Crippen MR) is 106 cm³/mol. The van der Waals surface area contributed by atoms with Crippen molar-refractivity contribution in [2.24, 2.45) is 7.05 Å². The monoisotopic (exact) mass is 380 g/mol. The van der Waals surface area contributed by atoms with Crippen molar-refractivity contribution in [1.29, 1.82) is 0 Å². The molecule has 1 aliphatic heterocycles. The molecule has 8 heteroatoms. The fourth-order valence-corrected chi connectivity index (χ4v) is 3.79. The summed E-state index contributed by atoms with van der Waals surface area (Å²) in [7, 11) is 1.73. The van der Waals surface area contributed by atoms with E-state index in [0.29, 0.717) is 17.6 Å². The molecule has 3 aromatic rings. The Morgan fingerprint density at radius 1 is 1.21 bits per heavy atom. The molecule has 1 aromatic carbocycles. The Bertz CT molecular complexity index is 1020. The quantitative estimate of drug-likeness (QED) is 0.692. The van der Waals surface area contributed by atoms with Crippen LogP contribution in [0.2, 0.25) is 0 Å². The number of hydrogen-bond acceptors (Lipinski definition) is 5. The molecular formula is C20H24N6O2. The summed E-state index contributed by atoms with van der Waals surface area (Å²) in [6.45, 7) is 2.53. The Balaban J connectivity index is 1.45. The first-order valence-electron chi connectivity index (χ1n) is 9.56. The lowest BCUT2D eigenvalue weighted by molar-refractivity contribution is -0.122. The standard InChI is InChI=1S/C20H24N6O2/c1-24-19-16(11-23-24)20(28)26(14-22-19)13-18(27)21-12-17(25-9-5-6-10-25)15-7-3-2-4-8-15/h2-4,7-8,11,14,17H,5-6,9-10,12-13H2,1H3,(H,21,27)/t17-/m1/s1. The number of nitrogens with zero attached hydrogens (tertiary/aromatic N) is 5. The number of carbonyl (C=O) groups excluding carboxylic acids is 1. The lowest BCUT2D eigenvalue weighted by atomic mass is 10.1. The Hall–Kier alpha value is -3.00. The first kappa shape index (κ1) is 18.4. The van der Waals surface area contributed by atoms with Gasteiger partial charge in [-0.05, 0) is 31.5 Å². The highest BCUT2D eigenvalue weighted by atomic mass is 16.2. The maximum atomic E-state index is 12.5. The van der Waals surface area contributed by atoms with Gasteiger partial charge in [0.25, 0.3) is 5.56 Å². The third-order valence-electron chi connectivity index (χ3n) is 5.29. The topological polar surface area (TPSA) is 85.0 Å². The summed E-state index contributed by atoms with van der Waals surface area (Å²) in [5, 5.41) is 7.46. The van der Waals surface area contributed by atoms with Gasteiger partial charge in [-0.1, -0.05) is 30.3 Å². The summed E-state index contributed by atoms with van der Waals surface area (Å²) in [5.74, 6) is -0.202. The Morgan fingerprint density at radius 2 is 1.96 bits per heavy atom. The van der Waals surface area contributed by atoms with Gasteiger partial charge in [0.1, 0.15) is 18.3 Å². The molecule has 8 nitrogen and oxygen atoms in total. The third kappa shape index (κ3) is 3.68. The lowest BCUT2D eigenvalue weighted by Crippen LogP contribution is -2.39. The van der Waals surface area contributed by atoms with Crippen molar-refractivity contribution < 1.29 is 4.79 Å². The molecule has 0 aliphatic carbocycles. The number of likely N-dealkylation sites (tertiary alicyclic amines) is 1. The van der Waals surface area contributed by atoms with Gasteiger partial charge in [-0.3, -0.25) is 23.7 Å². The molecule has 1 aliphatic rings. The number of rotatable bonds is 6. The first-order chi connectivity index (χ1) is 13.6. The van der Waals surface area contributed by atoms with E-state index < -0.39 is 0 Å². The van der Waals surface area contributed by atoms with Crippen LogP contribution in [0.25, 0.3) is 11.0 Å². The Labute approximate surface area is 162 Å². The van der Waals surface area contributed by atoms with E-state index in [1.165, 1.54) is 35.5 Å². The fraction of sp³-hybridized carbons (Fsp3) is 0.400. The van der Waals surface area contributed by atoms with Crippen molar-refractivity contribution in [3.63, 3.8) is 0 Å². The molecule has 2 aromatic heterocycles. The molecule has 0 saturated carbocycles. The van der Waals surface area contributed by atoms with E-state index >= 15 is 0 Å². The van der Waals surface area contributed by atoms with E-state index in [0.717, 1.165) is 13.1 Å². The van der Waals surface area contributed by atoms with Crippen molar-refractivity contribution in [3.05, 3.63) is 58.8 Å². The number of carbonyl (C=O) groups is 1. The van der Waals surface area contributed by atoms with Crippen molar-refractivity contribution >= 4 is 16.9 Å². The first-order valence-corrected chi connectivity index (χ1v) is 9.56. The van der Waals surface area contributed by atoms with Gasteiger partial charge in [0, 0.05) is 13.6 Å². The molecule has 1 fully saturated rings. The van der Waals surface area contributed by atoms with Gasteiger partial charge in [-0.2, -0.15) is 5.10 Å². The van der Waals surface area contributed by atoms with Crippen molar-refractivity contribution in [2.45, 2.75) is 25.4 Å². The second-order valence-electron chi connectivity index (χ2n) is 7.16. The number of benzene rings is 1. The van der Waals surface area contributed by atoms with E-state index in [9.17, 15) is 9.59 Å². The molecule has 146 valence electrons. The van der Waals surface area contributed by atoms with E-state index in [-0.39, 0.29) is 24.1 Å². The molecule has 1 amide bonds. The van der Waals surface area contributed by atoms with Crippen LogP contribution in [0.3, 0.4) is 0 Å². The largest absolute Gasteiger partial charge is 0.353 e. The molecule has 0 spiro atoms. The maximum absolute atomic E-state index is 12.5. The van der Waals surface area contributed by atoms with E-state index in [2.05, 4.69) is 32.4 Å². The van der Waals surface area contributed by atoms with Crippen LogP contribution < -0.4 is 10.9 Å². The Morgan fingerprint density at radius 3 is 2.71 bits per heavy atom. The summed E-state index contributed by atoms with van der Waals surface area (Å²) in [5.41, 5.74) is 1.45. The zero-order chi connectivity index (χ0) is 19.5. The number of fused-ring (bicyclic) bond motifs is 1. The molecular weight excluding hydrogens is 356 g/mol. The minimum absolute atomic E-state index is 0.0574. The van der Waals surface area contributed by atoms with Gasteiger partial charge in [0.2, 0.25) is 5.91 Å². The van der Waals surface area contributed by atoms with Crippen LogP contribution in [0.4, 0.5) is 0 Å². The minimum atomic E-state index is -0.257. The van der Waals surface area contributed by atoms with Crippen LogP contribution in [0.1, 0.15) is 24.4 Å². The van der Waals surface area contributed by atoms with E-state index in [1.807, 2.05) is 18.2 Å². The molecule has 28 heavy (non-hydrogen) atoms. The van der Waals surface area contributed by atoms with E-state index in [1.54, 1.807) is 11.7 Å². The zero-order valence-electron chi connectivity index (χ0n) is 15.9. The highest BCUT2D eigenvalue weighted by Crippen LogP contribution is 2.24. The molecule has 4 rings (SSSR count).